The van der Waals surface area contributed by atoms with Gasteiger partial charge < -0.3 is 15.6 Å². The second-order valence-electron chi connectivity index (χ2n) is 4.34. The summed E-state index contributed by atoms with van der Waals surface area (Å²) in [6.07, 6.45) is 5.77. The Balaban J connectivity index is 1.48. The molecule has 1 aromatic heterocycles. The first kappa shape index (κ1) is 10.7. The molecule has 1 atom stereocenters. The van der Waals surface area contributed by atoms with Gasteiger partial charge >= 0.3 is 0 Å². The van der Waals surface area contributed by atoms with Crippen molar-refractivity contribution in [2.45, 2.75) is 19.3 Å². The summed E-state index contributed by atoms with van der Waals surface area (Å²) in [6.45, 7) is 4.68. The standard InChI is InChI=1S/C12H21N3/c1-2-12(15-6-1)5-9-13-7-3-11-4-8-14-10-11/h1-2,6,11,13-15H,3-5,7-10H2. The summed E-state index contributed by atoms with van der Waals surface area (Å²) in [5, 5.41) is 6.91. The monoisotopic (exact) mass is 207 g/mol. The third kappa shape index (κ3) is 3.68. The zero-order valence-electron chi connectivity index (χ0n) is 9.26. The second-order valence-corrected chi connectivity index (χ2v) is 4.34. The highest BCUT2D eigenvalue weighted by Gasteiger charge is 2.12. The molecule has 0 radical (unpaired) electrons. The number of nitrogens with one attached hydrogen (secondary N) is 3. The van der Waals surface area contributed by atoms with Gasteiger partial charge in [-0.2, -0.15) is 0 Å². The van der Waals surface area contributed by atoms with Crippen LogP contribution < -0.4 is 10.6 Å². The zero-order chi connectivity index (χ0) is 10.3. The molecule has 0 spiro atoms. The fourth-order valence-electron chi connectivity index (χ4n) is 2.14. The van der Waals surface area contributed by atoms with Crippen LogP contribution in [0.1, 0.15) is 18.5 Å². The predicted molar refractivity (Wildman–Crippen MR) is 63.0 cm³/mol. The van der Waals surface area contributed by atoms with Gasteiger partial charge in [-0.15, -0.1) is 0 Å². The lowest BCUT2D eigenvalue weighted by Crippen LogP contribution is -2.21. The van der Waals surface area contributed by atoms with Crippen molar-refractivity contribution in [2.75, 3.05) is 26.2 Å². The Morgan fingerprint density at radius 3 is 3.13 bits per heavy atom. The summed E-state index contributed by atoms with van der Waals surface area (Å²) in [4.78, 5) is 3.22. The van der Waals surface area contributed by atoms with E-state index in [1.165, 1.54) is 31.6 Å². The molecule has 1 fully saturated rings. The Morgan fingerprint density at radius 1 is 1.40 bits per heavy atom. The summed E-state index contributed by atoms with van der Waals surface area (Å²) < 4.78 is 0. The minimum atomic E-state index is 0.906. The van der Waals surface area contributed by atoms with E-state index in [1.807, 2.05) is 6.20 Å². The molecule has 0 bridgehead atoms. The molecule has 1 saturated heterocycles. The molecule has 15 heavy (non-hydrogen) atoms. The van der Waals surface area contributed by atoms with E-state index in [1.54, 1.807) is 0 Å². The number of rotatable bonds is 6. The van der Waals surface area contributed by atoms with E-state index in [9.17, 15) is 0 Å². The molecule has 1 aromatic rings. The quantitative estimate of drug-likeness (QED) is 0.612. The van der Waals surface area contributed by atoms with Crippen LogP contribution >= 0.6 is 0 Å². The molecule has 1 unspecified atom stereocenters. The molecular formula is C12H21N3. The van der Waals surface area contributed by atoms with Crippen LogP contribution in [0.2, 0.25) is 0 Å². The molecule has 84 valence electrons. The van der Waals surface area contributed by atoms with Gasteiger partial charge in [0, 0.05) is 18.4 Å². The van der Waals surface area contributed by atoms with E-state index in [4.69, 9.17) is 0 Å². The Labute approximate surface area is 91.7 Å². The maximum atomic E-state index is 3.50. The van der Waals surface area contributed by atoms with Crippen LogP contribution in [-0.2, 0) is 6.42 Å². The van der Waals surface area contributed by atoms with Gasteiger partial charge in [-0.05, 0) is 56.9 Å². The predicted octanol–water partition coefficient (Wildman–Crippen LogP) is 1.15. The molecule has 3 heteroatoms. The van der Waals surface area contributed by atoms with Crippen molar-refractivity contribution in [1.82, 2.24) is 15.6 Å². The molecule has 1 aliphatic rings. The molecule has 3 nitrogen and oxygen atoms in total. The molecule has 1 aliphatic heterocycles. The Hall–Kier alpha value is -0.800. The van der Waals surface area contributed by atoms with Crippen LogP contribution in [0.4, 0.5) is 0 Å². The Morgan fingerprint density at radius 2 is 2.40 bits per heavy atom. The summed E-state index contributed by atoms with van der Waals surface area (Å²) in [5.74, 6) is 0.906. The van der Waals surface area contributed by atoms with Gasteiger partial charge in [-0.3, -0.25) is 0 Å². The lowest BCUT2D eigenvalue weighted by atomic mass is 10.1. The molecule has 3 N–H and O–H groups in total. The van der Waals surface area contributed by atoms with E-state index < -0.39 is 0 Å². The van der Waals surface area contributed by atoms with Crippen molar-refractivity contribution < 1.29 is 0 Å². The SMILES string of the molecule is c1c[nH]c(CCNCCC2CCNC2)c1. The number of H-pyrrole nitrogens is 1. The third-order valence-corrected chi connectivity index (χ3v) is 3.13. The molecule has 2 heterocycles. The van der Waals surface area contributed by atoms with Crippen molar-refractivity contribution in [3.8, 4) is 0 Å². The Kier molecular flexibility index (Phi) is 4.23. The van der Waals surface area contributed by atoms with E-state index >= 15 is 0 Å². The summed E-state index contributed by atoms with van der Waals surface area (Å²) >= 11 is 0. The van der Waals surface area contributed by atoms with E-state index in [2.05, 4.69) is 27.8 Å². The highest BCUT2D eigenvalue weighted by Crippen LogP contribution is 2.10. The summed E-state index contributed by atoms with van der Waals surface area (Å²) in [7, 11) is 0. The second kappa shape index (κ2) is 5.93. The van der Waals surface area contributed by atoms with Gasteiger partial charge in [0.05, 0.1) is 0 Å². The van der Waals surface area contributed by atoms with Crippen molar-refractivity contribution in [1.29, 1.82) is 0 Å². The first-order chi connectivity index (χ1) is 7.45. The lowest BCUT2D eigenvalue weighted by Gasteiger charge is -2.08. The van der Waals surface area contributed by atoms with Crippen LogP contribution in [0.3, 0.4) is 0 Å². The topological polar surface area (TPSA) is 39.9 Å². The molecule has 2 rings (SSSR count). The molecule has 0 aliphatic carbocycles. The number of aromatic amines is 1. The van der Waals surface area contributed by atoms with Crippen LogP contribution in [0.15, 0.2) is 18.3 Å². The van der Waals surface area contributed by atoms with E-state index in [-0.39, 0.29) is 0 Å². The van der Waals surface area contributed by atoms with Crippen molar-refractivity contribution >= 4 is 0 Å². The number of aromatic nitrogens is 1. The fraction of sp³-hybridized carbons (Fsp3) is 0.667. The van der Waals surface area contributed by atoms with Gasteiger partial charge in [0.15, 0.2) is 0 Å². The average molecular weight is 207 g/mol. The fourth-order valence-corrected chi connectivity index (χ4v) is 2.14. The normalized spacial score (nSPS) is 20.9. The third-order valence-electron chi connectivity index (χ3n) is 3.13. The maximum absolute atomic E-state index is 3.50. The summed E-state index contributed by atoms with van der Waals surface area (Å²) in [6, 6.07) is 4.20. The molecule has 0 saturated carbocycles. The first-order valence-corrected chi connectivity index (χ1v) is 5.99. The minimum Gasteiger partial charge on any atom is -0.365 e. The number of hydrogen-bond acceptors (Lipinski definition) is 2. The minimum absolute atomic E-state index is 0.906. The molecule has 0 aromatic carbocycles. The van der Waals surface area contributed by atoms with Crippen molar-refractivity contribution in [3.05, 3.63) is 24.0 Å². The zero-order valence-corrected chi connectivity index (χ0v) is 9.26. The van der Waals surface area contributed by atoms with Gasteiger partial charge in [0.2, 0.25) is 0 Å². The van der Waals surface area contributed by atoms with Gasteiger partial charge in [-0.1, -0.05) is 0 Å². The first-order valence-electron chi connectivity index (χ1n) is 5.99. The van der Waals surface area contributed by atoms with Crippen LogP contribution in [-0.4, -0.2) is 31.2 Å². The van der Waals surface area contributed by atoms with Crippen molar-refractivity contribution in [3.63, 3.8) is 0 Å². The van der Waals surface area contributed by atoms with Gasteiger partial charge in [0.25, 0.3) is 0 Å². The van der Waals surface area contributed by atoms with Gasteiger partial charge in [-0.25, -0.2) is 0 Å². The smallest absolute Gasteiger partial charge is 0.0159 e. The largest absolute Gasteiger partial charge is 0.365 e. The van der Waals surface area contributed by atoms with Crippen molar-refractivity contribution in [2.24, 2.45) is 5.92 Å². The van der Waals surface area contributed by atoms with Crippen LogP contribution in [0, 0.1) is 5.92 Å². The summed E-state index contributed by atoms with van der Waals surface area (Å²) in [5.41, 5.74) is 1.32. The Bertz CT molecular complexity index is 250. The molecule has 0 amide bonds. The lowest BCUT2D eigenvalue weighted by molar-refractivity contribution is 0.501. The average Bonchev–Trinajstić information content (AvgIpc) is 2.88. The van der Waals surface area contributed by atoms with E-state index in [0.29, 0.717) is 0 Å². The maximum Gasteiger partial charge on any atom is 0.0159 e. The molecular weight excluding hydrogens is 186 g/mol. The van der Waals surface area contributed by atoms with Crippen LogP contribution in [0.5, 0.6) is 0 Å². The highest BCUT2D eigenvalue weighted by molar-refractivity contribution is 5.03. The number of hydrogen-bond donors (Lipinski definition) is 3. The highest BCUT2D eigenvalue weighted by atomic mass is 14.9. The van der Waals surface area contributed by atoms with Gasteiger partial charge in [0.1, 0.15) is 0 Å². The van der Waals surface area contributed by atoms with Crippen LogP contribution in [0.25, 0.3) is 0 Å². The van der Waals surface area contributed by atoms with E-state index in [0.717, 1.165) is 25.4 Å².